The fourth-order valence-electron chi connectivity index (χ4n) is 3.10. The lowest BCUT2D eigenvalue weighted by Crippen LogP contribution is -2.26. The Kier molecular flexibility index (Phi) is 5.93. The molecule has 0 aliphatic carbocycles. The Morgan fingerprint density at radius 2 is 2.04 bits per heavy atom. The molecule has 0 bridgehead atoms. The first-order chi connectivity index (χ1) is 13.1. The summed E-state index contributed by atoms with van der Waals surface area (Å²) in [5.74, 6) is -1.39. The van der Waals surface area contributed by atoms with Gasteiger partial charge in [0.25, 0.3) is 0 Å². The van der Waals surface area contributed by atoms with E-state index in [-0.39, 0.29) is 46.3 Å². The van der Waals surface area contributed by atoms with Crippen molar-refractivity contribution in [1.29, 1.82) is 5.26 Å². The highest BCUT2D eigenvalue weighted by atomic mass is 16.5. The predicted octanol–water partition coefficient (Wildman–Crippen LogP) is 3.34. The van der Waals surface area contributed by atoms with Crippen molar-refractivity contribution in [2.75, 3.05) is 13.7 Å². The summed E-state index contributed by atoms with van der Waals surface area (Å²) in [5.41, 5.74) is 6.99. The first kappa shape index (κ1) is 21.2. The molecule has 1 heterocycles. The highest BCUT2D eigenvalue weighted by Gasteiger charge is 2.39. The number of hydrogen-bond acceptors (Lipinski definition) is 7. The summed E-state index contributed by atoms with van der Waals surface area (Å²) >= 11 is 0. The first-order valence-electron chi connectivity index (χ1n) is 8.93. The van der Waals surface area contributed by atoms with Crippen LogP contribution in [0.2, 0.25) is 0 Å². The molecule has 0 aromatic heterocycles. The molecule has 0 saturated heterocycles. The number of phenols is 1. The van der Waals surface area contributed by atoms with Crippen molar-refractivity contribution in [2.45, 2.75) is 46.0 Å². The number of carbonyl (C=O) groups excluding carboxylic acids is 1. The summed E-state index contributed by atoms with van der Waals surface area (Å²) < 4.78 is 15.9. The number of rotatable bonds is 4. The van der Waals surface area contributed by atoms with E-state index in [9.17, 15) is 15.2 Å². The molecular weight excluding hydrogens is 360 g/mol. The number of methoxy groups -OCH3 is 1. The molecule has 1 aliphatic heterocycles. The quantitative estimate of drug-likeness (QED) is 0.763. The van der Waals surface area contributed by atoms with Gasteiger partial charge >= 0.3 is 5.97 Å². The normalized spacial score (nSPS) is 17.1. The number of phenolic OH excluding ortho intramolecular Hbond substituents is 1. The van der Waals surface area contributed by atoms with Gasteiger partial charge in [-0.2, -0.15) is 5.26 Å². The zero-order valence-corrected chi connectivity index (χ0v) is 17.0. The Balaban J connectivity index is 2.84. The second kappa shape index (κ2) is 7.85. The Morgan fingerprint density at radius 1 is 1.39 bits per heavy atom. The highest BCUT2D eigenvalue weighted by Crippen LogP contribution is 2.47. The van der Waals surface area contributed by atoms with E-state index in [2.05, 4.69) is 0 Å². The summed E-state index contributed by atoms with van der Waals surface area (Å²) in [4.78, 5) is 12.7. The van der Waals surface area contributed by atoms with Crippen molar-refractivity contribution in [2.24, 2.45) is 5.73 Å². The fourth-order valence-corrected chi connectivity index (χ4v) is 3.10. The molecule has 0 fully saturated rings. The maximum absolute atomic E-state index is 12.7. The standard InChI is InChI=1S/C21H26N2O5/c1-7-27-20(25)16-11(2)28-19(23)14(10-22)17(16)13-8-12(21(3,4)5)9-15(26-6)18(13)24/h8-9,17,24H,7,23H2,1-6H3. The second-order valence-electron chi connectivity index (χ2n) is 7.48. The van der Waals surface area contributed by atoms with Gasteiger partial charge in [0, 0.05) is 5.56 Å². The zero-order valence-electron chi connectivity index (χ0n) is 17.0. The number of carbonyl (C=O) groups is 1. The van der Waals surface area contributed by atoms with Crippen molar-refractivity contribution >= 4 is 5.97 Å². The van der Waals surface area contributed by atoms with E-state index >= 15 is 0 Å². The maximum Gasteiger partial charge on any atom is 0.338 e. The highest BCUT2D eigenvalue weighted by molar-refractivity contribution is 5.93. The molecular formula is C21H26N2O5. The summed E-state index contributed by atoms with van der Waals surface area (Å²) in [7, 11) is 1.44. The van der Waals surface area contributed by atoms with E-state index in [1.54, 1.807) is 26.0 Å². The van der Waals surface area contributed by atoms with Gasteiger partial charge in [-0.25, -0.2) is 4.79 Å². The third-order valence-corrected chi connectivity index (χ3v) is 4.60. The van der Waals surface area contributed by atoms with Crippen LogP contribution in [0, 0.1) is 11.3 Å². The van der Waals surface area contributed by atoms with Crippen molar-refractivity contribution < 1.29 is 24.1 Å². The van der Waals surface area contributed by atoms with Gasteiger partial charge < -0.3 is 25.1 Å². The van der Waals surface area contributed by atoms with Gasteiger partial charge in [-0.3, -0.25) is 0 Å². The van der Waals surface area contributed by atoms with Crippen LogP contribution in [0.4, 0.5) is 0 Å². The fraction of sp³-hybridized carbons (Fsp3) is 0.429. The monoisotopic (exact) mass is 386 g/mol. The number of esters is 1. The molecule has 1 aromatic carbocycles. The molecule has 0 spiro atoms. The van der Waals surface area contributed by atoms with E-state index in [1.807, 2.05) is 26.8 Å². The number of aromatic hydroxyl groups is 1. The Morgan fingerprint density at radius 3 is 2.54 bits per heavy atom. The average Bonchev–Trinajstić information content (AvgIpc) is 2.60. The molecule has 7 nitrogen and oxygen atoms in total. The molecule has 1 aliphatic rings. The van der Waals surface area contributed by atoms with E-state index < -0.39 is 11.9 Å². The molecule has 1 atom stereocenters. The summed E-state index contributed by atoms with van der Waals surface area (Å²) in [6.07, 6.45) is 0. The van der Waals surface area contributed by atoms with Crippen LogP contribution in [0.1, 0.15) is 51.7 Å². The van der Waals surface area contributed by atoms with E-state index in [0.717, 1.165) is 5.56 Å². The Bertz CT molecular complexity index is 901. The van der Waals surface area contributed by atoms with Crippen LogP contribution in [0.25, 0.3) is 0 Å². The van der Waals surface area contributed by atoms with Gasteiger partial charge in [0.2, 0.25) is 5.88 Å². The van der Waals surface area contributed by atoms with Crippen LogP contribution in [-0.4, -0.2) is 24.8 Å². The lowest BCUT2D eigenvalue weighted by molar-refractivity contribution is -0.139. The molecule has 0 saturated carbocycles. The lowest BCUT2D eigenvalue weighted by Gasteiger charge is -2.29. The molecule has 0 radical (unpaired) electrons. The molecule has 7 heteroatoms. The van der Waals surface area contributed by atoms with Crippen LogP contribution in [0.3, 0.4) is 0 Å². The van der Waals surface area contributed by atoms with Gasteiger partial charge in [0.15, 0.2) is 11.5 Å². The molecule has 1 unspecified atom stereocenters. The average molecular weight is 386 g/mol. The number of benzene rings is 1. The maximum atomic E-state index is 12.7. The molecule has 28 heavy (non-hydrogen) atoms. The van der Waals surface area contributed by atoms with E-state index in [4.69, 9.17) is 19.9 Å². The van der Waals surface area contributed by atoms with Crippen molar-refractivity contribution in [3.63, 3.8) is 0 Å². The summed E-state index contributed by atoms with van der Waals surface area (Å²) in [5, 5.41) is 20.5. The van der Waals surface area contributed by atoms with Crippen molar-refractivity contribution in [1.82, 2.24) is 0 Å². The number of nitriles is 1. The minimum Gasteiger partial charge on any atom is -0.504 e. The number of nitrogens with two attached hydrogens (primary N) is 1. The SMILES string of the molecule is CCOC(=O)C1=C(C)OC(N)=C(C#N)C1c1cc(C(C)(C)C)cc(OC)c1O. The van der Waals surface area contributed by atoms with Crippen LogP contribution in [0.15, 0.2) is 34.9 Å². The third kappa shape index (κ3) is 3.77. The third-order valence-electron chi connectivity index (χ3n) is 4.60. The Hall–Kier alpha value is -3.14. The number of allylic oxidation sites excluding steroid dienone is 2. The lowest BCUT2D eigenvalue weighted by atomic mass is 9.78. The zero-order chi connectivity index (χ0) is 21.2. The van der Waals surface area contributed by atoms with Gasteiger partial charge in [-0.05, 0) is 30.9 Å². The second-order valence-corrected chi connectivity index (χ2v) is 7.48. The van der Waals surface area contributed by atoms with Gasteiger partial charge in [-0.15, -0.1) is 0 Å². The topological polar surface area (TPSA) is 115 Å². The summed E-state index contributed by atoms with van der Waals surface area (Å²) in [6.45, 7) is 9.44. The van der Waals surface area contributed by atoms with Gasteiger partial charge in [-0.1, -0.05) is 26.8 Å². The summed E-state index contributed by atoms with van der Waals surface area (Å²) in [6, 6.07) is 5.50. The van der Waals surface area contributed by atoms with Crippen LogP contribution in [-0.2, 0) is 19.7 Å². The molecule has 2 rings (SSSR count). The predicted molar refractivity (Wildman–Crippen MR) is 103 cm³/mol. The number of nitrogens with zero attached hydrogens (tertiary/aromatic N) is 1. The van der Waals surface area contributed by atoms with Gasteiger partial charge in [0.1, 0.15) is 17.4 Å². The molecule has 0 amide bonds. The molecule has 3 N–H and O–H groups in total. The minimum atomic E-state index is -0.936. The molecule has 1 aromatic rings. The smallest absolute Gasteiger partial charge is 0.338 e. The van der Waals surface area contributed by atoms with Crippen LogP contribution < -0.4 is 10.5 Å². The van der Waals surface area contributed by atoms with E-state index in [0.29, 0.717) is 5.56 Å². The van der Waals surface area contributed by atoms with E-state index in [1.165, 1.54) is 7.11 Å². The van der Waals surface area contributed by atoms with Crippen LogP contribution in [0.5, 0.6) is 11.5 Å². The number of hydrogen-bond donors (Lipinski definition) is 2. The van der Waals surface area contributed by atoms with Crippen molar-refractivity contribution in [3.8, 4) is 17.6 Å². The number of ether oxygens (including phenoxy) is 3. The van der Waals surface area contributed by atoms with Gasteiger partial charge in [0.05, 0.1) is 25.2 Å². The minimum absolute atomic E-state index is 0.0251. The first-order valence-corrected chi connectivity index (χ1v) is 8.93. The van der Waals surface area contributed by atoms with Crippen LogP contribution >= 0.6 is 0 Å². The Labute approximate surface area is 165 Å². The molecule has 150 valence electrons. The largest absolute Gasteiger partial charge is 0.504 e. The van der Waals surface area contributed by atoms with Crippen molar-refractivity contribution in [3.05, 3.63) is 46.0 Å².